The van der Waals surface area contributed by atoms with Crippen molar-refractivity contribution >= 4 is 5.65 Å². The maximum Gasteiger partial charge on any atom is 0.161 e. The van der Waals surface area contributed by atoms with Gasteiger partial charge in [-0.2, -0.15) is 0 Å². The van der Waals surface area contributed by atoms with Gasteiger partial charge in [-0.1, -0.05) is 12.1 Å². The summed E-state index contributed by atoms with van der Waals surface area (Å²) in [5.74, 6) is 2.40. The molecule has 0 amide bonds. The highest BCUT2D eigenvalue weighted by molar-refractivity contribution is 5.43. The maximum atomic E-state index is 5.63. The van der Waals surface area contributed by atoms with E-state index in [4.69, 9.17) is 9.47 Å². The molecule has 1 N–H and O–H groups in total. The molecule has 3 rings (SSSR count). The highest BCUT2D eigenvalue weighted by Crippen LogP contribution is 2.28. The number of pyridine rings is 1. The zero-order valence-electron chi connectivity index (χ0n) is 14.2. The van der Waals surface area contributed by atoms with E-state index in [1.807, 2.05) is 53.9 Å². The number of hydrogen-bond acceptors (Lipinski definition) is 5. The standard InChI is InChI=1S/C18H22N4O2/c1-4-24-16-11-14(8-9-15(16)23-3)12-19-13(2)18-21-20-17-7-5-6-10-22(17)18/h5-11,13,19H,4,12H2,1-3H3. The lowest BCUT2D eigenvalue weighted by atomic mass is 10.2. The lowest BCUT2D eigenvalue weighted by Crippen LogP contribution is -2.20. The lowest BCUT2D eigenvalue weighted by molar-refractivity contribution is 0.310. The van der Waals surface area contributed by atoms with Crippen LogP contribution in [0.5, 0.6) is 11.5 Å². The van der Waals surface area contributed by atoms with Crippen molar-refractivity contribution in [1.29, 1.82) is 0 Å². The van der Waals surface area contributed by atoms with E-state index in [1.165, 1.54) is 0 Å². The van der Waals surface area contributed by atoms with Crippen LogP contribution in [0.2, 0.25) is 0 Å². The molecule has 0 spiro atoms. The third-order valence-corrected chi connectivity index (χ3v) is 3.87. The summed E-state index contributed by atoms with van der Waals surface area (Å²) in [6.07, 6.45) is 1.98. The van der Waals surface area contributed by atoms with Crippen molar-refractivity contribution < 1.29 is 9.47 Å². The SMILES string of the molecule is CCOc1cc(CNC(C)c2nnc3ccccn23)ccc1OC. The highest BCUT2D eigenvalue weighted by atomic mass is 16.5. The number of methoxy groups -OCH3 is 1. The number of nitrogens with one attached hydrogen (secondary N) is 1. The van der Waals surface area contributed by atoms with E-state index in [2.05, 4.69) is 22.4 Å². The second-order valence-electron chi connectivity index (χ2n) is 5.51. The molecule has 3 aromatic rings. The summed E-state index contributed by atoms with van der Waals surface area (Å²) in [7, 11) is 1.65. The molecule has 0 bridgehead atoms. The van der Waals surface area contributed by atoms with Crippen molar-refractivity contribution in [2.45, 2.75) is 26.4 Å². The minimum atomic E-state index is 0.0695. The van der Waals surface area contributed by atoms with Crippen LogP contribution in [0.3, 0.4) is 0 Å². The second kappa shape index (κ2) is 7.31. The Morgan fingerprint density at radius 2 is 2.04 bits per heavy atom. The van der Waals surface area contributed by atoms with E-state index in [0.29, 0.717) is 13.2 Å². The van der Waals surface area contributed by atoms with E-state index in [0.717, 1.165) is 28.5 Å². The summed E-state index contributed by atoms with van der Waals surface area (Å²) < 4.78 is 12.9. The van der Waals surface area contributed by atoms with Crippen LogP contribution in [0.1, 0.15) is 31.3 Å². The number of ether oxygens (including phenoxy) is 2. The highest BCUT2D eigenvalue weighted by Gasteiger charge is 2.13. The van der Waals surface area contributed by atoms with Crippen LogP contribution in [0, 0.1) is 0 Å². The van der Waals surface area contributed by atoms with Crippen molar-refractivity contribution in [2.24, 2.45) is 0 Å². The van der Waals surface area contributed by atoms with E-state index >= 15 is 0 Å². The smallest absolute Gasteiger partial charge is 0.161 e. The molecule has 0 aliphatic rings. The molecule has 2 aromatic heterocycles. The quantitative estimate of drug-likeness (QED) is 0.723. The van der Waals surface area contributed by atoms with Crippen LogP contribution < -0.4 is 14.8 Å². The van der Waals surface area contributed by atoms with Crippen molar-refractivity contribution in [3.8, 4) is 11.5 Å². The van der Waals surface area contributed by atoms with Crippen molar-refractivity contribution in [3.05, 3.63) is 54.0 Å². The summed E-state index contributed by atoms with van der Waals surface area (Å²) in [5.41, 5.74) is 1.98. The van der Waals surface area contributed by atoms with Crippen molar-refractivity contribution in [1.82, 2.24) is 19.9 Å². The van der Waals surface area contributed by atoms with Crippen molar-refractivity contribution in [3.63, 3.8) is 0 Å². The lowest BCUT2D eigenvalue weighted by Gasteiger charge is -2.14. The first-order valence-corrected chi connectivity index (χ1v) is 8.05. The van der Waals surface area contributed by atoms with Crippen LogP contribution in [0.25, 0.3) is 5.65 Å². The van der Waals surface area contributed by atoms with E-state index in [-0.39, 0.29) is 6.04 Å². The fraction of sp³-hybridized carbons (Fsp3) is 0.333. The van der Waals surface area contributed by atoms with E-state index < -0.39 is 0 Å². The first-order chi connectivity index (χ1) is 11.7. The second-order valence-corrected chi connectivity index (χ2v) is 5.51. The van der Waals surface area contributed by atoms with Gasteiger partial charge in [0.25, 0.3) is 0 Å². The molecule has 0 radical (unpaired) electrons. The molecule has 0 fully saturated rings. The average molecular weight is 326 g/mol. The zero-order valence-corrected chi connectivity index (χ0v) is 14.2. The molecule has 1 atom stereocenters. The van der Waals surface area contributed by atoms with Gasteiger partial charge in [0, 0.05) is 12.7 Å². The maximum absolute atomic E-state index is 5.63. The topological polar surface area (TPSA) is 60.7 Å². The van der Waals surface area contributed by atoms with Gasteiger partial charge in [-0.25, -0.2) is 0 Å². The average Bonchev–Trinajstić information content (AvgIpc) is 3.04. The molecule has 0 aliphatic carbocycles. The molecular formula is C18H22N4O2. The molecule has 1 unspecified atom stereocenters. The zero-order chi connectivity index (χ0) is 16.9. The molecular weight excluding hydrogens is 304 g/mol. The van der Waals surface area contributed by atoms with Crippen molar-refractivity contribution in [2.75, 3.05) is 13.7 Å². The molecule has 0 saturated heterocycles. The Kier molecular flexibility index (Phi) is 4.96. The Bertz CT molecular complexity index is 816. The van der Waals surface area contributed by atoms with Crippen LogP contribution in [-0.4, -0.2) is 28.3 Å². The van der Waals surface area contributed by atoms with Crippen LogP contribution >= 0.6 is 0 Å². The number of aromatic nitrogens is 3. The Morgan fingerprint density at radius 1 is 1.17 bits per heavy atom. The minimum Gasteiger partial charge on any atom is -0.493 e. The molecule has 0 saturated carbocycles. The number of fused-ring (bicyclic) bond motifs is 1. The molecule has 1 aromatic carbocycles. The monoisotopic (exact) mass is 326 g/mol. The number of hydrogen-bond donors (Lipinski definition) is 1. The third kappa shape index (κ3) is 3.33. The largest absolute Gasteiger partial charge is 0.493 e. The summed E-state index contributed by atoms with van der Waals surface area (Å²) in [6, 6.07) is 11.9. The van der Waals surface area contributed by atoms with E-state index in [1.54, 1.807) is 7.11 Å². The van der Waals surface area contributed by atoms with Crippen LogP contribution in [0.4, 0.5) is 0 Å². The Morgan fingerprint density at radius 3 is 2.83 bits per heavy atom. The Hall–Kier alpha value is -2.60. The predicted molar refractivity (Wildman–Crippen MR) is 92.4 cm³/mol. The number of benzene rings is 1. The molecule has 6 nitrogen and oxygen atoms in total. The fourth-order valence-electron chi connectivity index (χ4n) is 2.62. The van der Waals surface area contributed by atoms with Crippen LogP contribution in [-0.2, 0) is 6.54 Å². The summed E-state index contributed by atoms with van der Waals surface area (Å²) in [5, 5.41) is 12.0. The van der Waals surface area contributed by atoms with Crippen LogP contribution in [0.15, 0.2) is 42.6 Å². The summed E-state index contributed by atoms with van der Waals surface area (Å²) in [6.45, 7) is 5.35. The molecule has 2 heterocycles. The van der Waals surface area contributed by atoms with Gasteiger partial charge < -0.3 is 14.8 Å². The van der Waals surface area contributed by atoms with Gasteiger partial charge >= 0.3 is 0 Å². The van der Waals surface area contributed by atoms with Gasteiger partial charge in [-0.15, -0.1) is 10.2 Å². The van der Waals surface area contributed by atoms with Gasteiger partial charge in [0.15, 0.2) is 23.0 Å². The number of nitrogens with zero attached hydrogens (tertiary/aromatic N) is 3. The van der Waals surface area contributed by atoms with Gasteiger partial charge in [0.2, 0.25) is 0 Å². The normalized spacial score (nSPS) is 12.3. The predicted octanol–water partition coefficient (Wildman–Crippen LogP) is 2.99. The Labute approximate surface area is 141 Å². The molecule has 6 heteroatoms. The van der Waals surface area contributed by atoms with Gasteiger partial charge in [-0.05, 0) is 43.7 Å². The Balaban J connectivity index is 1.72. The first-order valence-electron chi connectivity index (χ1n) is 8.05. The summed E-state index contributed by atoms with van der Waals surface area (Å²) in [4.78, 5) is 0. The van der Waals surface area contributed by atoms with Gasteiger partial charge in [0.1, 0.15) is 0 Å². The van der Waals surface area contributed by atoms with Gasteiger partial charge in [-0.3, -0.25) is 4.40 Å². The molecule has 126 valence electrons. The summed E-state index contributed by atoms with van der Waals surface area (Å²) >= 11 is 0. The fourth-order valence-corrected chi connectivity index (χ4v) is 2.62. The molecule has 24 heavy (non-hydrogen) atoms. The van der Waals surface area contributed by atoms with Gasteiger partial charge in [0.05, 0.1) is 19.8 Å². The minimum absolute atomic E-state index is 0.0695. The number of rotatable bonds is 7. The third-order valence-electron chi connectivity index (χ3n) is 3.87. The van der Waals surface area contributed by atoms with E-state index in [9.17, 15) is 0 Å². The first kappa shape index (κ1) is 16.3. The molecule has 0 aliphatic heterocycles.